The number of halogens is 3. The van der Waals surface area contributed by atoms with E-state index in [4.69, 9.17) is 18.7 Å². The van der Waals surface area contributed by atoms with Gasteiger partial charge < -0.3 is 5.73 Å². The molecule has 100 valence electrons. The maximum Gasteiger partial charge on any atom is 0.522 e. The van der Waals surface area contributed by atoms with Gasteiger partial charge in [0.05, 0.1) is 0 Å². The maximum atomic E-state index is 10.7. The Kier molecular flexibility index (Phi) is 4.15. The molecule has 0 saturated carbocycles. The standard InChI is InChI=1S/C9H9N.CHF3O3S/c10-9-6-5-7-3-1-2-4-8(7)9;2-1(3,4)8(5,6)7/h1-6,9H,10H2;(H,5,6,7). The van der Waals surface area contributed by atoms with Crippen molar-refractivity contribution in [3.8, 4) is 0 Å². The lowest BCUT2D eigenvalue weighted by atomic mass is 10.1. The van der Waals surface area contributed by atoms with Crippen LogP contribution in [0.5, 0.6) is 0 Å². The van der Waals surface area contributed by atoms with E-state index >= 15 is 0 Å². The second-order valence-corrected chi connectivity index (χ2v) is 4.85. The van der Waals surface area contributed by atoms with Gasteiger partial charge in [-0.15, -0.1) is 0 Å². The molecule has 2 rings (SSSR count). The Balaban J connectivity index is 0.000000187. The van der Waals surface area contributed by atoms with Crippen LogP contribution in [0, 0.1) is 0 Å². The molecule has 0 saturated heterocycles. The fraction of sp³-hybridized carbons (Fsp3) is 0.200. The first-order chi connectivity index (χ1) is 8.13. The van der Waals surface area contributed by atoms with Crippen LogP contribution >= 0.6 is 0 Å². The van der Waals surface area contributed by atoms with Crippen LogP contribution in [0.15, 0.2) is 30.3 Å². The molecule has 0 heterocycles. The third-order valence-electron chi connectivity index (χ3n) is 2.13. The minimum absolute atomic E-state index is 0.121. The molecule has 18 heavy (non-hydrogen) atoms. The van der Waals surface area contributed by atoms with Crippen molar-refractivity contribution in [3.63, 3.8) is 0 Å². The lowest BCUT2D eigenvalue weighted by molar-refractivity contribution is -0.0510. The molecule has 0 radical (unpaired) electrons. The van der Waals surface area contributed by atoms with Gasteiger partial charge in [0, 0.05) is 6.04 Å². The lowest BCUT2D eigenvalue weighted by Crippen LogP contribution is -2.21. The van der Waals surface area contributed by atoms with E-state index in [0.717, 1.165) is 0 Å². The van der Waals surface area contributed by atoms with Gasteiger partial charge in [0.1, 0.15) is 0 Å². The van der Waals surface area contributed by atoms with Crippen LogP contribution in [0.25, 0.3) is 6.08 Å². The van der Waals surface area contributed by atoms with Crippen molar-refractivity contribution in [2.24, 2.45) is 5.73 Å². The minimum Gasteiger partial charge on any atom is -0.321 e. The zero-order valence-corrected chi connectivity index (χ0v) is 9.74. The van der Waals surface area contributed by atoms with E-state index in [9.17, 15) is 13.2 Å². The molecule has 0 spiro atoms. The predicted octanol–water partition coefficient (Wildman–Crippen LogP) is 2.11. The smallest absolute Gasteiger partial charge is 0.321 e. The van der Waals surface area contributed by atoms with Gasteiger partial charge >= 0.3 is 15.6 Å². The van der Waals surface area contributed by atoms with E-state index in [1.807, 2.05) is 18.2 Å². The van der Waals surface area contributed by atoms with Crippen LogP contribution in [0.3, 0.4) is 0 Å². The highest BCUT2D eigenvalue weighted by Crippen LogP contribution is 2.25. The van der Waals surface area contributed by atoms with Crippen molar-refractivity contribution in [1.29, 1.82) is 0 Å². The van der Waals surface area contributed by atoms with E-state index in [1.54, 1.807) is 0 Å². The number of benzene rings is 1. The summed E-state index contributed by atoms with van der Waals surface area (Å²) in [6.07, 6.45) is 4.09. The van der Waals surface area contributed by atoms with Gasteiger partial charge in [-0.05, 0) is 11.1 Å². The molecule has 0 amide bonds. The van der Waals surface area contributed by atoms with Crippen LogP contribution in [0.1, 0.15) is 17.2 Å². The summed E-state index contributed by atoms with van der Waals surface area (Å²) in [7, 11) is -5.84. The first kappa shape index (κ1) is 14.7. The van der Waals surface area contributed by atoms with Crippen molar-refractivity contribution in [2.75, 3.05) is 0 Å². The fourth-order valence-corrected chi connectivity index (χ4v) is 1.28. The van der Waals surface area contributed by atoms with Crippen molar-refractivity contribution >= 4 is 16.2 Å². The van der Waals surface area contributed by atoms with Crippen LogP contribution in [0.2, 0.25) is 0 Å². The molecule has 1 atom stereocenters. The van der Waals surface area contributed by atoms with Gasteiger partial charge in [-0.1, -0.05) is 36.4 Å². The fourth-order valence-electron chi connectivity index (χ4n) is 1.28. The second-order valence-electron chi connectivity index (χ2n) is 3.43. The Hall–Kier alpha value is -1.38. The molecule has 0 fully saturated rings. The van der Waals surface area contributed by atoms with Crippen molar-refractivity contribution in [2.45, 2.75) is 11.6 Å². The summed E-state index contributed by atoms with van der Waals surface area (Å²) in [6.45, 7) is 0. The molecule has 1 aliphatic rings. The number of hydrogen-bond acceptors (Lipinski definition) is 3. The Morgan fingerprint density at radius 3 is 2.17 bits per heavy atom. The number of hydrogen-bond donors (Lipinski definition) is 2. The van der Waals surface area contributed by atoms with Gasteiger partial charge in [0.2, 0.25) is 0 Å². The van der Waals surface area contributed by atoms with Crippen molar-refractivity contribution in [3.05, 3.63) is 41.5 Å². The van der Waals surface area contributed by atoms with Crippen molar-refractivity contribution < 1.29 is 26.1 Å². The Labute approximate surface area is 102 Å². The van der Waals surface area contributed by atoms with E-state index < -0.39 is 15.6 Å². The van der Waals surface area contributed by atoms with Crippen LogP contribution in [-0.4, -0.2) is 18.5 Å². The lowest BCUT2D eigenvalue weighted by Gasteiger charge is -2.01. The number of fused-ring (bicyclic) bond motifs is 1. The van der Waals surface area contributed by atoms with Crippen LogP contribution < -0.4 is 5.73 Å². The predicted molar refractivity (Wildman–Crippen MR) is 60.0 cm³/mol. The van der Waals surface area contributed by atoms with E-state index in [1.165, 1.54) is 11.1 Å². The topological polar surface area (TPSA) is 80.4 Å². The highest BCUT2D eigenvalue weighted by Gasteiger charge is 2.44. The molecule has 3 N–H and O–H groups in total. The SMILES string of the molecule is NC1C=Cc2ccccc21.O=S(=O)(O)C(F)(F)F. The van der Waals surface area contributed by atoms with Crippen molar-refractivity contribution in [1.82, 2.24) is 0 Å². The summed E-state index contributed by atoms with van der Waals surface area (Å²) < 4.78 is 57.5. The van der Waals surface area contributed by atoms with Gasteiger partial charge in [-0.2, -0.15) is 21.6 Å². The third-order valence-corrected chi connectivity index (χ3v) is 2.72. The van der Waals surface area contributed by atoms with E-state index in [-0.39, 0.29) is 6.04 Å². The molecule has 1 aromatic carbocycles. The first-order valence-corrected chi connectivity index (χ1v) is 6.13. The van der Waals surface area contributed by atoms with Crippen LogP contribution in [0.4, 0.5) is 13.2 Å². The summed E-state index contributed by atoms with van der Waals surface area (Å²) in [5.74, 6) is 0. The normalized spacial score (nSPS) is 17.9. The second kappa shape index (κ2) is 5.09. The molecule has 0 bridgehead atoms. The zero-order chi connectivity index (χ0) is 14.0. The summed E-state index contributed by atoms with van der Waals surface area (Å²) in [6, 6.07) is 8.32. The van der Waals surface area contributed by atoms with Crippen LogP contribution in [-0.2, 0) is 10.1 Å². The summed E-state index contributed by atoms with van der Waals surface area (Å²) in [4.78, 5) is 0. The Bertz CT molecular complexity index is 552. The molecule has 8 heteroatoms. The Morgan fingerprint density at radius 1 is 1.22 bits per heavy atom. The number of nitrogens with two attached hydrogens (primary N) is 1. The highest BCUT2D eigenvalue weighted by molar-refractivity contribution is 7.86. The van der Waals surface area contributed by atoms with Gasteiger partial charge in [0.15, 0.2) is 0 Å². The monoisotopic (exact) mass is 281 g/mol. The average molecular weight is 281 g/mol. The van der Waals surface area contributed by atoms with E-state index in [0.29, 0.717) is 0 Å². The van der Waals surface area contributed by atoms with Gasteiger partial charge in [-0.25, -0.2) is 0 Å². The molecule has 1 unspecified atom stereocenters. The molecule has 0 aliphatic heterocycles. The number of alkyl halides is 3. The number of rotatable bonds is 0. The van der Waals surface area contributed by atoms with Gasteiger partial charge in [-0.3, -0.25) is 4.55 Å². The maximum absolute atomic E-state index is 10.7. The van der Waals surface area contributed by atoms with Gasteiger partial charge in [0.25, 0.3) is 0 Å². The zero-order valence-electron chi connectivity index (χ0n) is 8.92. The molecule has 4 nitrogen and oxygen atoms in total. The third kappa shape index (κ3) is 3.56. The van der Waals surface area contributed by atoms with E-state index in [2.05, 4.69) is 18.2 Å². The minimum atomic E-state index is -5.84. The largest absolute Gasteiger partial charge is 0.522 e. The molecular weight excluding hydrogens is 271 g/mol. The summed E-state index contributed by atoms with van der Waals surface area (Å²) in [5, 5.41) is 0. The quantitative estimate of drug-likeness (QED) is 0.563. The average Bonchev–Trinajstić information content (AvgIpc) is 2.59. The molecule has 1 aliphatic carbocycles. The summed E-state index contributed by atoms with van der Waals surface area (Å²) >= 11 is 0. The highest BCUT2D eigenvalue weighted by atomic mass is 32.2. The molecular formula is C10H10F3NO3S. The molecule has 0 aromatic heterocycles. The molecule has 1 aromatic rings. The summed E-state index contributed by atoms with van der Waals surface area (Å²) in [5.41, 5.74) is 2.72. The first-order valence-electron chi connectivity index (χ1n) is 4.69. The Morgan fingerprint density at radius 2 is 1.72 bits per heavy atom.